The van der Waals surface area contributed by atoms with Gasteiger partial charge in [0.2, 0.25) is 11.7 Å². The molecule has 1 heterocycles. The van der Waals surface area contributed by atoms with Crippen molar-refractivity contribution in [2.45, 2.75) is 6.54 Å². The molecule has 0 spiro atoms. The largest absolute Gasteiger partial charge is 0.343 e. The van der Waals surface area contributed by atoms with Gasteiger partial charge in [0.15, 0.2) is 0 Å². The Hall–Kier alpha value is -2.18. The molecule has 0 fully saturated rings. The molecular weight excluding hydrogens is 382 g/mol. The highest BCUT2D eigenvalue weighted by Crippen LogP contribution is 2.18. The summed E-state index contributed by atoms with van der Waals surface area (Å²) in [7, 11) is 0. The number of hydrogen-bond acceptors (Lipinski definition) is 4. The lowest BCUT2D eigenvalue weighted by molar-refractivity contribution is 0.0946. The molecule has 0 aliphatic carbocycles. The number of carbonyl (C=O) groups is 1. The van der Waals surface area contributed by atoms with Crippen LogP contribution in [0.1, 0.15) is 16.2 Å². The zero-order valence-electron chi connectivity index (χ0n) is 11.8. The van der Waals surface area contributed by atoms with Crippen LogP contribution in [0.4, 0.5) is 0 Å². The number of amides is 1. The Kier molecular flexibility index (Phi) is 4.73. The lowest BCUT2D eigenvalue weighted by Gasteiger charge is -2.02. The average Bonchev–Trinajstić information content (AvgIpc) is 3.03. The summed E-state index contributed by atoms with van der Waals surface area (Å²) in [5.41, 5.74) is 1.36. The predicted octanol–water partition coefficient (Wildman–Crippen LogP) is 4.08. The zero-order chi connectivity index (χ0) is 16.2. The van der Waals surface area contributed by atoms with Crippen molar-refractivity contribution in [3.8, 4) is 11.4 Å². The fraction of sp³-hybridized carbons (Fsp3) is 0.0625. The molecule has 5 nitrogen and oxygen atoms in total. The quantitative estimate of drug-likeness (QED) is 0.726. The Bertz CT molecular complexity index is 816. The third kappa shape index (κ3) is 3.97. The third-order valence-corrected chi connectivity index (χ3v) is 3.86. The number of nitrogens with zero attached hydrogens (tertiary/aromatic N) is 2. The van der Waals surface area contributed by atoms with Crippen LogP contribution in [0.25, 0.3) is 11.4 Å². The van der Waals surface area contributed by atoms with Gasteiger partial charge in [0.1, 0.15) is 0 Å². The molecule has 0 radical (unpaired) electrons. The van der Waals surface area contributed by atoms with Crippen LogP contribution in [0.2, 0.25) is 5.02 Å². The van der Waals surface area contributed by atoms with E-state index in [1.165, 1.54) is 0 Å². The zero-order valence-corrected chi connectivity index (χ0v) is 14.1. The molecule has 3 aromatic rings. The minimum atomic E-state index is -0.205. The second-order valence-electron chi connectivity index (χ2n) is 4.71. The first-order valence-corrected chi connectivity index (χ1v) is 7.91. The van der Waals surface area contributed by atoms with Crippen LogP contribution in [-0.2, 0) is 6.54 Å². The van der Waals surface area contributed by atoms with Crippen molar-refractivity contribution in [2.75, 3.05) is 0 Å². The average molecular weight is 393 g/mol. The van der Waals surface area contributed by atoms with Gasteiger partial charge in [0.05, 0.1) is 6.54 Å². The highest BCUT2D eigenvalue weighted by molar-refractivity contribution is 9.10. The van der Waals surface area contributed by atoms with Crippen molar-refractivity contribution >= 4 is 33.4 Å². The van der Waals surface area contributed by atoms with E-state index in [4.69, 9.17) is 16.1 Å². The molecule has 116 valence electrons. The molecule has 0 aliphatic heterocycles. The van der Waals surface area contributed by atoms with Gasteiger partial charge in [-0.25, -0.2) is 0 Å². The maximum absolute atomic E-state index is 12.0. The van der Waals surface area contributed by atoms with Crippen molar-refractivity contribution in [3.63, 3.8) is 0 Å². The maximum atomic E-state index is 12.0. The first kappa shape index (κ1) is 15.7. The number of aromatic nitrogens is 2. The monoisotopic (exact) mass is 391 g/mol. The fourth-order valence-corrected chi connectivity index (χ4v) is 2.29. The van der Waals surface area contributed by atoms with Crippen LogP contribution in [0.3, 0.4) is 0 Å². The molecule has 0 bridgehead atoms. The van der Waals surface area contributed by atoms with Crippen LogP contribution in [0.5, 0.6) is 0 Å². The smallest absolute Gasteiger partial charge is 0.251 e. The molecular formula is C16H11BrClN3O2. The molecule has 0 atom stereocenters. The predicted molar refractivity (Wildman–Crippen MR) is 90.1 cm³/mol. The Morgan fingerprint density at radius 2 is 1.83 bits per heavy atom. The van der Waals surface area contributed by atoms with Gasteiger partial charge in [-0.05, 0) is 48.5 Å². The van der Waals surface area contributed by atoms with E-state index in [9.17, 15) is 4.79 Å². The lowest BCUT2D eigenvalue weighted by atomic mass is 10.2. The molecule has 3 rings (SSSR count). The highest BCUT2D eigenvalue weighted by Gasteiger charge is 2.11. The van der Waals surface area contributed by atoms with Crippen molar-refractivity contribution in [1.29, 1.82) is 0 Å². The van der Waals surface area contributed by atoms with E-state index in [0.29, 0.717) is 22.3 Å². The Balaban J connectivity index is 1.64. The molecule has 0 aliphatic rings. The summed E-state index contributed by atoms with van der Waals surface area (Å²) in [6.07, 6.45) is 0. The van der Waals surface area contributed by atoms with E-state index in [-0.39, 0.29) is 12.5 Å². The Morgan fingerprint density at radius 1 is 1.13 bits per heavy atom. The second kappa shape index (κ2) is 6.93. The maximum Gasteiger partial charge on any atom is 0.251 e. The van der Waals surface area contributed by atoms with E-state index in [0.717, 1.165) is 10.0 Å². The fourth-order valence-electron chi connectivity index (χ4n) is 1.90. The molecule has 23 heavy (non-hydrogen) atoms. The normalized spacial score (nSPS) is 10.5. The topological polar surface area (TPSA) is 68.0 Å². The van der Waals surface area contributed by atoms with Crippen LogP contribution < -0.4 is 5.32 Å². The van der Waals surface area contributed by atoms with Crippen LogP contribution in [0.15, 0.2) is 57.5 Å². The van der Waals surface area contributed by atoms with Gasteiger partial charge in [-0.1, -0.05) is 32.7 Å². The summed E-state index contributed by atoms with van der Waals surface area (Å²) in [6, 6.07) is 14.2. The summed E-state index contributed by atoms with van der Waals surface area (Å²) in [4.78, 5) is 16.3. The minimum Gasteiger partial charge on any atom is -0.343 e. The van der Waals surface area contributed by atoms with E-state index in [1.807, 2.05) is 0 Å². The number of hydrogen-bond donors (Lipinski definition) is 1. The summed E-state index contributed by atoms with van der Waals surface area (Å²) in [6.45, 7) is 0.162. The van der Waals surface area contributed by atoms with Crippen molar-refractivity contribution < 1.29 is 9.32 Å². The molecule has 0 saturated carbocycles. The van der Waals surface area contributed by atoms with E-state index >= 15 is 0 Å². The number of halogens is 2. The van der Waals surface area contributed by atoms with Gasteiger partial charge in [-0.15, -0.1) is 0 Å². The van der Waals surface area contributed by atoms with Crippen LogP contribution in [0, 0.1) is 0 Å². The van der Waals surface area contributed by atoms with Crippen molar-refractivity contribution in [1.82, 2.24) is 15.5 Å². The highest BCUT2D eigenvalue weighted by atomic mass is 79.9. The molecule has 2 aromatic carbocycles. The first-order valence-electron chi connectivity index (χ1n) is 6.74. The van der Waals surface area contributed by atoms with Gasteiger partial charge in [0, 0.05) is 20.6 Å². The third-order valence-electron chi connectivity index (χ3n) is 3.08. The van der Waals surface area contributed by atoms with Gasteiger partial charge >= 0.3 is 0 Å². The van der Waals surface area contributed by atoms with Crippen molar-refractivity contribution in [2.24, 2.45) is 0 Å². The lowest BCUT2D eigenvalue weighted by Crippen LogP contribution is -2.22. The van der Waals surface area contributed by atoms with Gasteiger partial charge < -0.3 is 9.84 Å². The Labute approximate surface area is 145 Å². The molecule has 0 unspecified atom stereocenters. The van der Waals surface area contributed by atoms with Gasteiger partial charge in [-0.3, -0.25) is 4.79 Å². The summed E-state index contributed by atoms with van der Waals surface area (Å²) < 4.78 is 6.05. The van der Waals surface area contributed by atoms with Crippen LogP contribution in [-0.4, -0.2) is 16.0 Å². The van der Waals surface area contributed by atoms with E-state index in [2.05, 4.69) is 31.4 Å². The molecule has 1 amide bonds. The molecule has 7 heteroatoms. The van der Waals surface area contributed by atoms with E-state index in [1.54, 1.807) is 48.5 Å². The van der Waals surface area contributed by atoms with Gasteiger partial charge in [0.25, 0.3) is 5.91 Å². The molecule has 0 saturated heterocycles. The minimum absolute atomic E-state index is 0.162. The SMILES string of the molecule is O=C(NCc1nc(-c2ccc(Cl)cc2)no1)c1ccc(Br)cc1. The number of nitrogens with one attached hydrogen (secondary N) is 1. The first-order chi connectivity index (χ1) is 11.1. The summed E-state index contributed by atoms with van der Waals surface area (Å²) >= 11 is 9.17. The van der Waals surface area contributed by atoms with Crippen molar-refractivity contribution in [3.05, 3.63) is 69.5 Å². The standard InChI is InChI=1S/C16H11BrClN3O2/c17-12-5-1-11(2-6-12)16(22)19-9-14-20-15(21-23-14)10-3-7-13(18)8-4-10/h1-8H,9H2,(H,19,22). The second-order valence-corrected chi connectivity index (χ2v) is 6.06. The number of carbonyl (C=O) groups excluding carboxylic acids is 1. The van der Waals surface area contributed by atoms with Crippen LogP contribution >= 0.6 is 27.5 Å². The molecule has 1 aromatic heterocycles. The number of rotatable bonds is 4. The van der Waals surface area contributed by atoms with E-state index < -0.39 is 0 Å². The van der Waals surface area contributed by atoms with Gasteiger partial charge in [-0.2, -0.15) is 4.98 Å². The number of benzene rings is 2. The Morgan fingerprint density at radius 3 is 2.52 bits per heavy atom. The summed E-state index contributed by atoms with van der Waals surface area (Å²) in [5.74, 6) is 0.582. The molecule has 1 N–H and O–H groups in total. The summed E-state index contributed by atoms with van der Waals surface area (Å²) in [5, 5.41) is 7.27.